The molecular weight excluding hydrogens is 268 g/mol. The van der Waals surface area contributed by atoms with Crippen LogP contribution < -0.4 is 4.74 Å². The molecule has 0 radical (unpaired) electrons. The fourth-order valence-electron chi connectivity index (χ4n) is 2.66. The van der Waals surface area contributed by atoms with Gasteiger partial charge in [0, 0.05) is 32.1 Å². The van der Waals surface area contributed by atoms with Crippen LogP contribution >= 0.6 is 0 Å². The van der Waals surface area contributed by atoms with Crippen LogP contribution in [0.3, 0.4) is 0 Å². The molecule has 2 atom stereocenters. The quantitative estimate of drug-likeness (QED) is 0.836. The highest BCUT2D eigenvalue weighted by atomic mass is 16.6. The van der Waals surface area contributed by atoms with Crippen molar-refractivity contribution in [3.05, 3.63) is 30.3 Å². The van der Waals surface area contributed by atoms with Crippen molar-refractivity contribution in [2.75, 3.05) is 26.2 Å². The van der Waals surface area contributed by atoms with Crippen molar-refractivity contribution in [2.45, 2.75) is 13.3 Å². The molecule has 1 heterocycles. The number of hydrogen-bond acceptors (Lipinski definition) is 3. The Kier molecular flexibility index (Phi) is 3.82. The highest BCUT2D eigenvalue weighted by Crippen LogP contribution is 2.39. The minimum absolute atomic E-state index is 0.216. The molecule has 5 nitrogen and oxygen atoms in total. The molecule has 2 aliphatic rings. The highest BCUT2D eigenvalue weighted by Gasteiger charge is 2.42. The van der Waals surface area contributed by atoms with E-state index >= 15 is 0 Å². The molecule has 1 saturated carbocycles. The average molecular weight is 288 g/mol. The van der Waals surface area contributed by atoms with Crippen molar-refractivity contribution in [2.24, 2.45) is 11.8 Å². The van der Waals surface area contributed by atoms with Gasteiger partial charge in [-0.2, -0.15) is 0 Å². The number of amides is 2. The van der Waals surface area contributed by atoms with Crippen LogP contribution in [-0.4, -0.2) is 48.0 Å². The molecule has 2 fully saturated rings. The summed E-state index contributed by atoms with van der Waals surface area (Å²) >= 11 is 0. The first-order valence-corrected chi connectivity index (χ1v) is 7.46. The Morgan fingerprint density at radius 2 is 1.62 bits per heavy atom. The predicted molar refractivity (Wildman–Crippen MR) is 77.9 cm³/mol. The Balaban J connectivity index is 1.49. The van der Waals surface area contributed by atoms with E-state index in [1.54, 1.807) is 17.0 Å². The fraction of sp³-hybridized carbons (Fsp3) is 0.500. The van der Waals surface area contributed by atoms with Gasteiger partial charge in [-0.25, -0.2) is 4.79 Å². The fourth-order valence-corrected chi connectivity index (χ4v) is 2.66. The summed E-state index contributed by atoms with van der Waals surface area (Å²) in [6.07, 6.45) is 0.669. The number of nitrogens with zero attached hydrogens (tertiary/aromatic N) is 2. The number of ether oxygens (including phenoxy) is 1. The normalized spacial score (nSPS) is 24.6. The first kappa shape index (κ1) is 13.9. The van der Waals surface area contributed by atoms with Crippen molar-refractivity contribution in [3.8, 4) is 5.75 Å². The molecule has 1 aliphatic carbocycles. The largest absolute Gasteiger partial charge is 0.415 e. The third-order valence-electron chi connectivity index (χ3n) is 4.22. The molecule has 0 spiro atoms. The van der Waals surface area contributed by atoms with E-state index in [-0.39, 0.29) is 17.9 Å². The van der Waals surface area contributed by atoms with E-state index < -0.39 is 0 Å². The van der Waals surface area contributed by atoms with Crippen LogP contribution in [0.1, 0.15) is 13.3 Å². The van der Waals surface area contributed by atoms with E-state index in [1.807, 2.05) is 23.1 Å². The van der Waals surface area contributed by atoms with Crippen LogP contribution in [0.2, 0.25) is 0 Å². The maximum atomic E-state index is 12.1. The van der Waals surface area contributed by atoms with Gasteiger partial charge in [0.1, 0.15) is 5.75 Å². The molecule has 5 heteroatoms. The number of hydrogen-bond donors (Lipinski definition) is 0. The monoisotopic (exact) mass is 288 g/mol. The minimum Gasteiger partial charge on any atom is -0.410 e. The maximum absolute atomic E-state index is 12.1. The van der Waals surface area contributed by atoms with Crippen LogP contribution in [0.25, 0.3) is 0 Å². The number of benzene rings is 1. The summed E-state index contributed by atoms with van der Waals surface area (Å²) in [5.74, 6) is 1.54. The van der Waals surface area contributed by atoms with Gasteiger partial charge in [-0.1, -0.05) is 25.1 Å². The van der Waals surface area contributed by atoms with Gasteiger partial charge in [-0.3, -0.25) is 4.79 Å². The highest BCUT2D eigenvalue weighted by molar-refractivity contribution is 5.82. The molecular formula is C16H20N2O3. The molecule has 21 heavy (non-hydrogen) atoms. The molecule has 1 saturated heterocycles. The van der Waals surface area contributed by atoms with Crippen molar-refractivity contribution < 1.29 is 14.3 Å². The number of carbonyl (C=O) groups excluding carboxylic acids is 2. The van der Waals surface area contributed by atoms with Gasteiger partial charge < -0.3 is 14.5 Å². The number of carbonyl (C=O) groups is 2. The van der Waals surface area contributed by atoms with Crippen molar-refractivity contribution >= 4 is 12.0 Å². The van der Waals surface area contributed by atoms with E-state index in [9.17, 15) is 9.59 Å². The maximum Gasteiger partial charge on any atom is 0.415 e. The zero-order valence-corrected chi connectivity index (χ0v) is 12.2. The van der Waals surface area contributed by atoms with E-state index in [2.05, 4.69) is 6.92 Å². The Labute approximate surface area is 124 Å². The second kappa shape index (κ2) is 5.76. The molecule has 2 unspecified atom stereocenters. The summed E-state index contributed by atoms with van der Waals surface area (Å²) in [5, 5.41) is 0. The topological polar surface area (TPSA) is 49.9 Å². The lowest BCUT2D eigenvalue weighted by atomic mass is 10.2. The molecule has 1 aliphatic heterocycles. The van der Waals surface area contributed by atoms with Crippen LogP contribution in [0.15, 0.2) is 30.3 Å². The average Bonchev–Trinajstić information content (AvgIpc) is 3.24. The van der Waals surface area contributed by atoms with E-state index in [4.69, 9.17) is 4.74 Å². The minimum atomic E-state index is -0.340. The second-order valence-electron chi connectivity index (χ2n) is 5.81. The van der Waals surface area contributed by atoms with Crippen LogP contribution in [0.4, 0.5) is 4.79 Å². The SMILES string of the molecule is CC1CC1C(=O)N1CCN(C(=O)Oc2ccccc2)CC1. The third kappa shape index (κ3) is 3.17. The lowest BCUT2D eigenvalue weighted by Gasteiger charge is -2.34. The molecule has 0 bridgehead atoms. The Morgan fingerprint density at radius 1 is 1.05 bits per heavy atom. The van der Waals surface area contributed by atoms with Crippen LogP contribution in [0.5, 0.6) is 5.75 Å². The lowest BCUT2D eigenvalue weighted by Crippen LogP contribution is -2.51. The van der Waals surface area contributed by atoms with Gasteiger partial charge in [0.2, 0.25) is 5.91 Å². The van der Waals surface area contributed by atoms with Gasteiger partial charge in [-0.15, -0.1) is 0 Å². The molecule has 2 amide bonds. The summed E-state index contributed by atoms with van der Waals surface area (Å²) in [6.45, 7) is 4.39. The summed E-state index contributed by atoms with van der Waals surface area (Å²) in [4.78, 5) is 27.7. The zero-order chi connectivity index (χ0) is 14.8. The third-order valence-corrected chi connectivity index (χ3v) is 4.22. The molecule has 1 aromatic carbocycles. The summed E-state index contributed by atoms with van der Waals surface area (Å²) in [7, 11) is 0. The molecule has 0 N–H and O–H groups in total. The van der Waals surface area contributed by atoms with Gasteiger partial charge >= 0.3 is 6.09 Å². The number of para-hydroxylation sites is 1. The second-order valence-corrected chi connectivity index (χ2v) is 5.81. The molecule has 0 aromatic heterocycles. The van der Waals surface area contributed by atoms with E-state index in [1.165, 1.54) is 0 Å². The van der Waals surface area contributed by atoms with Gasteiger partial charge in [0.15, 0.2) is 0 Å². The molecule has 3 rings (SSSR count). The van der Waals surface area contributed by atoms with Crippen molar-refractivity contribution in [3.63, 3.8) is 0 Å². The predicted octanol–water partition coefficient (Wildman–Crippen LogP) is 1.99. The van der Waals surface area contributed by atoms with E-state index in [0.29, 0.717) is 37.8 Å². The molecule has 1 aromatic rings. The van der Waals surface area contributed by atoms with Crippen LogP contribution in [-0.2, 0) is 4.79 Å². The van der Waals surface area contributed by atoms with Gasteiger partial charge in [0.25, 0.3) is 0 Å². The van der Waals surface area contributed by atoms with E-state index in [0.717, 1.165) is 6.42 Å². The first-order valence-electron chi connectivity index (χ1n) is 7.46. The Hall–Kier alpha value is -2.04. The molecule has 112 valence electrons. The standard InChI is InChI=1S/C16H20N2O3/c1-12-11-14(12)15(19)17-7-9-18(10-8-17)16(20)21-13-5-3-2-4-6-13/h2-6,12,14H,7-11H2,1H3. The van der Waals surface area contributed by atoms with Gasteiger partial charge in [-0.05, 0) is 24.5 Å². The van der Waals surface area contributed by atoms with Crippen molar-refractivity contribution in [1.29, 1.82) is 0 Å². The van der Waals surface area contributed by atoms with Gasteiger partial charge in [0.05, 0.1) is 0 Å². The number of rotatable bonds is 2. The summed E-state index contributed by atoms with van der Waals surface area (Å²) in [5.41, 5.74) is 0. The lowest BCUT2D eigenvalue weighted by molar-refractivity contribution is -0.134. The Bertz CT molecular complexity index is 524. The first-order chi connectivity index (χ1) is 10.1. The van der Waals surface area contributed by atoms with Crippen molar-refractivity contribution in [1.82, 2.24) is 9.80 Å². The Morgan fingerprint density at radius 3 is 2.19 bits per heavy atom. The summed E-state index contributed by atoms with van der Waals surface area (Å²) in [6, 6.07) is 9.05. The number of piperazine rings is 1. The summed E-state index contributed by atoms with van der Waals surface area (Å²) < 4.78 is 5.31. The zero-order valence-electron chi connectivity index (χ0n) is 12.2. The van der Waals surface area contributed by atoms with Crippen LogP contribution in [0, 0.1) is 11.8 Å². The smallest absolute Gasteiger partial charge is 0.410 e.